The van der Waals surface area contributed by atoms with Crippen LogP contribution in [-0.4, -0.2) is 38.0 Å². The smallest absolute Gasteiger partial charge is 0.326 e. The lowest BCUT2D eigenvalue weighted by Crippen LogP contribution is -2.43. The van der Waals surface area contributed by atoms with Crippen molar-refractivity contribution in [3.05, 3.63) is 0 Å². The molecule has 0 bridgehead atoms. The SMILES string of the molecule is CC[C@@H](C(=O)O)N1C(=O)CSC1=S. The zero-order chi connectivity index (χ0) is 10.0. The lowest BCUT2D eigenvalue weighted by molar-refractivity contribution is -0.145. The van der Waals surface area contributed by atoms with Gasteiger partial charge in [-0.2, -0.15) is 0 Å². The Morgan fingerprint density at radius 2 is 2.46 bits per heavy atom. The lowest BCUT2D eigenvalue weighted by Gasteiger charge is -2.21. The number of nitrogens with zero attached hydrogens (tertiary/aromatic N) is 1. The molecule has 0 saturated carbocycles. The maximum absolute atomic E-state index is 11.2. The molecule has 1 rings (SSSR count). The van der Waals surface area contributed by atoms with Gasteiger partial charge in [-0.25, -0.2) is 4.79 Å². The Morgan fingerprint density at radius 1 is 1.85 bits per heavy atom. The largest absolute Gasteiger partial charge is 0.480 e. The van der Waals surface area contributed by atoms with Crippen molar-refractivity contribution in [2.75, 3.05) is 5.75 Å². The Morgan fingerprint density at radius 3 is 2.77 bits per heavy atom. The van der Waals surface area contributed by atoms with Crippen molar-refractivity contribution in [3.63, 3.8) is 0 Å². The molecule has 0 unspecified atom stereocenters. The third kappa shape index (κ3) is 2.00. The second-order valence-corrected chi connectivity index (χ2v) is 4.19. The topological polar surface area (TPSA) is 57.6 Å². The van der Waals surface area contributed by atoms with Gasteiger partial charge in [0.05, 0.1) is 5.75 Å². The molecular formula is C7H9NO3S2. The Bertz CT molecular complexity index is 250. The summed E-state index contributed by atoms with van der Waals surface area (Å²) in [5, 5.41) is 8.81. The van der Waals surface area contributed by atoms with E-state index in [1.165, 1.54) is 16.7 Å². The van der Waals surface area contributed by atoms with Crippen molar-refractivity contribution < 1.29 is 14.7 Å². The van der Waals surface area contributed by atoms with Crippen molar-refractivity contribution in [1.82, 2.24) is 4.90 Å². The van der Waals surface area contributed by atoms with Crippen LogP contribution in [0.5, 0.6) is 0 Å². The van der Waals surface area contributed by atoms with E-state index < -0.39 is 12.0 Å². The van der Waals surface area contributed by atoms with E-state index in [2.05, 4.69) is 0 Å². The average Bonchev–Trinajstić information content (AvgIpc) is 2.36. The number of carbonyl (C=O) groups excluding carboxylic acids is 1. The molecule has 4 nitrogen and oxygen atoms in total. The number of carbonyl (C=O) groups is 2. The summed E-state index contributed by atoms with van der Waals surface area (Å²) in [5.41, 5.74) is 0. The molecule has 0 aliphatic carbocycles. The highest BCUT2D eigenvalue weighted by Crippen LogP contribution is 2.23. The molecule has 6 heteroatoms. The molecule has 0 spiro atoms. The fraction of sp³-hybridized carbons (Fsp3) is 0.571. The van der Waals surface area contributed by atoms with Gasteiger partial charge in [0.15, 0.2) is 0 Å². The average molecular weight is 219 g/mol. The minimum atomic E-state index is -0.999. The molecule has 13 heavy (non-hydrogen) atoms. The van der Waals surface area contributed by atoms with E-state index in [0.717, 1.165) is 0 Å². The summed E-state index contributed by atoms with van der Waals surface area (Å²) in [4.78, 5) is 23.2. The summed E-state index contributed by atoms with van der Waals surface area (Å²) < 4.78 is 0.374. The highest BCUT2D eigenvalue weighted by Gasteiger charge is 2.35. The molecule has 1 aliphatic rings. The predicted octanol–water partition coefficient (Wildman–Crippen LogP) is 0.710. The minimum Gasteiger partial charge on any atom is -0.480 e. The molecule has 0 aromatic rings. The zero-order valence-corrected chi connectivity index (χ0v) is 8.65. The number of thioether (sulfide) groups is 1. The molecule has 0 aromatic heterocycles. The van der Waals surface area contributed by atoms with E-state index >= 15 is 0 Å². The third-order valence-electron chi connectivity index (χ3n) is 1.77. The van der Waals surface area contributed by atoms with E-state index in [0.29, 0.717) is 10.7 Å². The quantitative estimate of drug-likeness (QED) is 0.708. The van der Waals surface area contributed by atoms with Crippen LogP contribution in [0.3, 0.4) is 0 Å². The number of rotatable bonds is 3. The van der Waals surface area contributed by atoms with Crippen molar-refractivity contribution in [2.45, 2.75) is 19.4 Å². The van der Waals surface area contributed by atoms with Gasteiger partial charge in [0.1, 0.15) is 10.4 Å². The number of aliphatic carboxylic acids is 1. The van der Waals surface area contributed by atoms with Gasteiger partial charge in [-0.3, -0.25) is 9.69 Å². The van der Waals surface area contributed by atoms with Gasteiger partial charge in [-0.05, 0) is 6.42 Å². The predicted molar refractivity (Wildman–Crippen MR) is 53.6 cm³/mol. The third-order valence-corrected chi connectivity index (χ3v) is 3.15. The molecule has 0 aromatic carbocycles. The van der Waals surface area contributed by atoms with Crippen molar-refractivity contribution in [3.8, 4) is 0 Å². The first kappa shape index (κ1) is 10.5. The van der Waals surface area contributed by atoms with Gasteiger partial charge in [-0.1, -0.05) is 30.9 Å². The summed E-state index contributed by atoms with van der Waals surface area (Å²) >= 11 is 6.10. The van der Waals surface area contributed by atoms with E-state index in [1.807, 2.05) is 0 Å². The highest BCUT2D eigenvalue weighted by molar-refractivity contribution is 8.23. The molecule has 1 atom stereocenters. The van der Waals surface area contributed by atoms with Gasteiger partial charge in [0, 0.05) is 0 Å². The van der Waals surface area contributed by atoms with Crippen LogP contribution in [0.2, 0.25) is 0 Å². The number of hydrogen-bond acceptors (Lipinski definition) is 4. The lowest BCUT2D eigenvalue weighted by atomic mass is 10.2. The summed E-state index contributed by atoms with van der Waals surface area (Å²) in [5.74, 6) is -0.937. The first-order valence-corrected chi connectivity index (χ1v) is 5.19. The maximum atomic E-state index is 11.2. The van der Waals surface area contributed by atoms with Gasteiger partial charge >= 0.3 is 5.97 Å². The number of hydrogen-bond donors (Lipinski definition) is 1. The summed E-state index contributed by atoms with van der Waals surface area (Å²) in [7, 11) is 0. The van der Waals surface area contributed by atoms with Crippen LogP contribution in [0.4, 0.5) is 0 Å². The van der Waals surface area contributed by atoms with E-state index in [-0.39, 0.29) is 11.7 Å². The summed E-state index contributed by atoms with van der Waals surface area (Å²) in [6, 6.07) is -0.796. The van der Waals surface area contributed by atoms with Gasteiger partial charge in [0.25, 0.3) is 0 Å². The number of carboxylic acids is 1. The first-order chi connectivity index (χ1) is 6.07. The summed E-state index contributed by atoms with van der Waals surface area (Å²) in [6.07, 6.45) is 0.377. The fourth-order valence-corrected chi connectivity index (χ4v) is 2.29. The normalized spacial score (nSPS) is 19.3. The van der Waals surface area contributed by atoms with Crippen LogP contribution in [0.1, 0.15) is 13.3 Å². The first-order valence-electron chi connectivity index (χ1n) is 3.79. The van der Waals surface area contributed by atoms with Crippen molar-refractivity contribution >= 4 is 40.2 Å². The number of amides is 1. The van der Waals surface area contributed by atoms with E-state index in [1.54, 1.807) is 6.92 Å². The Kier molecular flexibility index (Phi) is 3.27. The molecule has 72 valence electrons. The molecule has 1 heterocycles. The minimum absolute atomic E-state index is 0.204. The van der Waals surface area contributed by atoms with Crippen LogP contribution >= 0.6 is 24.0 Å². The summed E-state index contributed by atoms with van der Waals surface area (Å²) in [6.45, 7) is 1.72. The zero-order valence-electron chi connectivity index (χ0n) is 7.02. The van der Waals surface area contributed by atoms with Crippen LogP contribution in [0.15, 0.2) is 0 Å². The molecule has 0 radical (unpaired) electrons. The molecule has 1 amide bonds. The van der Waals surface area contributed by atoms with E-state index in [9.17, 15) is 9.59 Å². The number of carboxylic acid groups (broad SMARTS) is 1. The van der Waals surface area contributed by atoms with Crippen LogP contribution in [0.25, 0.3) is 0 Å². The van der Waals surface area contributed by atoms with Crippen molar-refractivity contribution in [1.29, 1.82) is 0 Å². The Labute approximate surface area is 85.3 Å². The molecule has 1 N–H and O–H groups in total. The Balaban J connectivity index is 2.84. The molecule has 1 aliphatic heterocycles. The van der Waals surface area contributed by atoms with Crippen molar-refractivity contribution in [2.24, 2.45) is 0 Å². The molecule has 1 saturated heterocycles. The van der Waals surface area contributed by atoms with Gasteiger partial charge < -0.3 is 5.11 Å². The van der Waals surface area contributed by atoms with Gasteiger partial charge in [-0.15, -0.1) is 0 Å². The fourth-order valence-electron chi connectivity index (χ4n) is 1.13. The Hall–Kier alpha value is -0.620. The van der Waals surface area contributed by atoms with Crippen LogP contribution in [-0.2, 0) is 9.59 Å². The van der Waals surface area contributed by atoms with E-state index in [4.69, 9.17) is 17.3 Å². The highest BCUT2D eigenvalue weighted by atomic mass is 32.2. The monoisotopic (exact) mass is 219 g/mol. The number of thiocarbonyl (C=S) groups is 1. The van der Waals surface area contributed by atoms with Gasteiger partial charge in [0.2, 0.25) is 5.91 Å². The standard InChI is InChI=1S/C7H9NO3S2/c1-2-4(6(10)11)8-5(9)3-13-7(8)12/h4H,2-3H2,1H3,(H,10,11)/t4-/m0/s1. The van der Waals surface area contributed by atoms with Crippen LogP contribution in [0, 0.1) is 0 Å². The van der Waals surface area contributed by atoms with Crippen LogP contribution < -0.4 is 0 Å². The molecular weight excluding hydrogens is 210 g/mol. The molecule has 1 fully saturated rings. The second-order valence-electron chi connectivity index (χ2n) is 2.58. The maximum Gasteiger partial charge on any atom is 0.326 e. The second kappa shape index (κ2) is 4.06.